The summed E-state index contributed by atoms with van der Waals surface area (Å²) in [7, 11) is 0. The Hall–Kier alpha value is -1.87. The lowest BCUT2D eigenvalue weighted by molar-refractivity contribution is 0.276. The molecule has 0 bridgehead atoms. The van der Waals surface area contributed by atoms with Gasteiger partial charge in [0.15, 0.2) is 0 Å². The van der Waals surface area contributed by atoms with Gasteiger partial charge in [0.25, 0.3) is 0 Å². The maximum atomic E-state index is 9.17. The molecule has 2 aromatic rings. The molecule has 1 heterocycles. The molecule has 2 rings (SSSR count). The molecule has 0 atom stereocenters. The van der Waals surface area contributed by atoms with E-state index in [1.807, 2.05) is 37.3 Å². The predicted octanol–water partition coefficient (Wildman–Crippen LogP) is 2.67. The molecule has 82 valence electrons. The van der Waals surface area contributed by atoms with E-state index in [0.29, 0.717) is 5.75 Å². The van der Waals surface area contributed by atoms with Gasteiger partial charge in [-0.25, -0.2) is 0 Å². The molecule has 0 saturated heterocycles. The van der Waals surface area contributed by atoms with Gasteiger partial charge >= 0.3 is 0 Å². The van der Waals surface area contributed by atoms with Crippen LogP contribution in [-0.4, -0.2) is 10.1 Å². The number of ether oxygens (including phenoxy) is 1. The van der Waals surface area contributed by atoms with Gasteiger partial charge in [0.05, 0.1) is 6.61 Å². The van der Waals surface area contributed by atoms with Crippen molar-refractivity contribution in [2.45, 2.75) is 13.5 Å². The highest BCUT2D eigenvalue weighted by molar-refractivity contribution is 5.39. The van der Waals surface area contributed by atoms with Gasteiger partial charge < -0.3 is 9.84 Å². The number of aliphatic hydroxyl groups excluding tert-OH is 1. The molecule has 0 radical (unpaired) electrons. The Morgan fingerprint density at radius 1 is 1.19 bits per heavy atom. The van der Waals surface area contributed by atoms with E-state index >= 15 is 0 Å². The third-order valence-electron chi connectivity index (χ3n) is 2.33. The van der Waals surface area contributed by atoms with E-state index < -0.39 is 0 Å². The number of aliphatic hydroxyl groups is 1. The molecular weight excluding hydrogens is 202 g/mol. The molecule has 1 aromatic heterocycles. The zero-order valence-electron chi connectivity index (χ0n) is 9.05. The fourth-order valence-electron chi connectivity index (χ4n) is 1.43. The van der Waals surface area contributed by atoms with Crippen molar-refractivity contribution in [2.24, 2.45) is 0 Å². The summed E-state index contributed by atoms with van der Waals surface area (Å²) in [6.07, 6.45) is 3.43. The summed E-state index contributed by atoms with van der Waals surface area (Å²) < 4.78 is 5.73. The Balaban J connectivity index is 2.30. The van der Waals surface area contributed by atoms with E-state index in [0.717, 1.165) is 16.9 Å². The normalized spacial score (nSPS) is 10.1. The van der Waals surface area contributed by atoms with Crippen molar-refractivity contribution < 1.29 is 9.84 Å². The van der Waals surface area contributed by atoms with Gasteiger partial charge in [-0.15, -0.1) is 0 Å². The van der Waals surface area contributed by atoms with Gasteiger partial charge in [0, 0.05) is 23.5 Å². The van der Waals surface area contributed by atoms with Gasteiger partial charge in [-0.1, -0.05) is 18.2 Å². The Kier molecular flexibility index (Phi) is 3.17. The lowest BCUT2D eigenvalue weighted by atomic mass is 10.2. The Morgan fingerprint density at radius 3 is 2.75 bits per heavy atom. The lowest BCUT2D eigenvalue weighted by Crippen LogP contribution is -1.93. The summed E-state index contributed by atoms with van der Waals surface area (Å²) in [5.74, 6) is 1.44. The number of hydrogen-bond acceptors (Lipinski definition) is 3. The smallest absolute Gasteiger partial charge is 0.133 e. The molecule has 0 aliphatic heterocycles. The molecule has 3 heteroatoms. The van der Waals surface area contributed by atoms with Crippen molar-refractivity contribution in [1.29, 1.82) is 0 Å². The molecule has 0 aliphatic rings. The van der Waals surface area contributed by atoms with Gasteiger partial charge in [0.2, 0.25) is 0 Å². The first-order valence-corrected chi connectivity index (χ1v) is 5.08. The first kappa shape index (κ1) is 10.6. The molecule has 0 amide bonds. The zero-order chi connectivity index (χ0) is 11.4. The van der Waals surface area contributed by atoms with E-state index in [-0.39, 0.29) is 6.61 Å². The van der Waals surface area contributed by atoms with Crippen molar-refractivity contribution >= 4 is 0 Å². The lowest BCUT2D eigenvalue weighted by Gasteiger charge is -2.10. The number of rotatable bonds is 3. The number of aryl methyl sites for hydroxylation is 1. The number of pyridine rings is 1. The topological polar surface area (TPSA) is 42.4 Å². The van der Waals surface area contributed by atoms with Crippen LogP contribution >= 0.6 is 0 Å². The van der Waals surface area contributed by atoms with E-state index in [4.69, 9.17) is 4.74 Å². The SMILES string of the molecule is Cc1cnccc1Oc1ccccc1CO. The molecule has 0 saturated carbocycles. The number of para-hydroxylation sites is 1. The Bertz CT molecular complexity index is 483. The van der Waals surface area contributed by atoms with Crippen LogP contribution in [0.4, 0.5) is 0 Å². The number of aromatic nitrogens is 1. The van der Waals surface area contributed by atoms with Crippen LogP contribution in [0.15, 0.2) is 42.7 Å². The third-order valence-corrected chi connectivity index (χ3v) is 2.33. The van der Waals surface area contributed by atoms with Gasteiger partial charge in [-0.05, 0) is 19.1 Å². The van der Waals surface area contributed by atoms with Crippen LogP contribution in [0, 0.1) is 6.92 Å². The Morgan fingerprint density at radius 2 is 2.00 bits per heavy atom. The van der Waals surface area contributed by atoms with E-state index in [9.17, 15) is 5.11 Å². The standard InChI is InChI=1S/C13H13NO2/c1-10-8-14-7-6-12(10)16-13-5-3-2-4-11(13)9-15/h2-8,15H,9H2,1H3. The van der Waals surface area contributed by atoms with Gasteiger partial charge in [-0.3, -0.25) is 4.98 Å². The van der Waals surface area contributed by atoms with Crippen molar-refractivity contribution in [3.8, 4) is 11.5 Å². The first-order valence-electron chi connectivity index (χ1n) is 5.08. The average molecular weight is 215 g/mol. The third kappa shape index (κ3) is 2.20. The minimum Gasteiger partial charge on any atom is -0.457 e. The summed E-state index contributed by atoms with van der Waals surface area (Å²) in [6.45, 7) is 1.91. The number of hydrogen-bond donors (Lipinski definition) is 1. The fourth-order valence-corrected chi connectivity index (χ4v) is 1.43. The molecule has 0 unspecified atom stereocenters. The van der Waals surface area contributed by atoms with Gasteiger partial charge in [0.1, 0.15) is 11.5 Å². The summed E-state index contributed by atoms with van der Waals surface area (Å²) in [4.78, 5) is 4.00. The maximum Gasteiger partial charge on any atom is 0.133 e. The van der Waals surface area contributed by atoms with Crippen LogP contribution in [0.2, 0.25) is 0 Å². The van der Waals surface area contributed by atoms with Gasteiger partial charge in [-0.2, -0.15) is 0 Å². The van der Waals surface area contributed by atoms with Crippen LogP contribution in [0.25, 0.3) is 0 Å². The minimum atomic E-state index is -0.0275. The van der Waals surface area contributed by atoms with Crippen molar-refractivity contribution in [3.05, 3.63) is 53.9 Å². The molecule has 0 aliphatic carbocycles. The monoisotopic (exact) mass is 215 g/mol. The highest BCUT2D eigenvalue weighted by atomic mass is 16.5. The molecule has 3 nitrogen and oxygen atoms in total. The van der Waals surface area contributed by atoms with Crippen LogP contribution in [-0.2, 0) is 6.61 Å². The predicted molar refractivity (Wildman–Crippen MR) is 61.4 cm³/mol. The van der Waals surface area contributed by atoms with Crippen molar-refractivity contribution in [2.75, 3.05) is 0 Å². The fraction of sp³-hybridized carbons (Fsp3) is 0.154. The quantitative estimate of drug-likeness (QED) is 0.855. The summed E-state index contributed by atoms with van der Waals surface area (Å²) >= 11 is 0. The largest absolute Gasteiger partial charge is 0.457 e. The second-order valence-electron chi connectivity index (χ2n) is 3.51. The highest BCUT2D eigenvalue weighted by Crippen LogP contribution is 2.26. The van der Waals surface area contributed by atoms with Crippen LogP contribution < -0.4 is 4.74 Å². The van der Waals surface area contributed by atoms with Crippen molar-refractivity contribution in [1.82, 2.24) is 4.98 Å². The minimum absolute atomic E-state index is 0.0275. The number of benzene rings is 1. The summed E-state index contributed by atoms with van der Waals surface area (Å²) in [6, 6.07) is 9.24. The second-order valence-corrected chi connectivity index (χ2v) is 3.51. The second kappa shape index (κ2) is 4.77. The molecule has 0 spiro atoms. The molecule has 0 fully saturated rings. The summed E-state index contributed by atoms with van der Waals surface area (Å²) in [5.41, 5.74) is 1.74. The molecular formula is C13H13NO2. The maximum absolute atomic E-state index is 9.17. The van der Waals surface area contributed by atoms with E-state index in [1.165, 1.54) is 0 Å². The molecule has 16 heavy (non-hydrogen) atoms. The van der Waals surface area contributed by atoms with Crippen LogP contribution in [0.3, 0.4) is 0 Å². The van der Waals surface area contributed by atoms with Crippen molar-refractivity contribution in [3.63, 3.8) is 0 Å². The Labute approximate surface area is 94.3 Å². The molecule has 1 aromatic carbocycles. The van der Waals surface area contributed by atoms with Crippen LogP contribution in [0.1, 0.15) is 11.1 Å². The summed E-state index contributed by atoms with van der Waals surface area (Å²) in [5, 5.41) is 9.17. The molecule has 1 N–H and O–H groups in total. The van der Waals surface area contributed by atoms with E-state index in [1.54, 1.807) is 12.4 Å². The average Bonchev–Trinajstić information content (AvgIpc) is 2.33. The first-order chi connectivity index (χ1) is 7.81. The number of nitrogens with zero attached hydrogens (tertiary/aromatic N) is 1. The van der Waals surface area contributed by atoms with E-state index in [2.05, 4.69) is 4.98 Å². The zero-order valence-corrected chi connectivity index (χ0v) is 9.05. The highest BCUT2D eigenvalue weighted by Gasteiger charge is 2.04. The van der Waals surface area contributed by atoms with Crippen LogP contribution in [0.5, 0.6) is 11.5 Å².